The summed E-state index contributed by atoms with van der Waals surface area (Å²) in [5.74, 6) is -0.198. The van der Waals surface area contributed by atoms with Crippen LogP contribution in [-0.4, -0.2) is 57.3 Å². The van der Waals surface area contributed by atoms with Crippen molar-refractivity contribution in [1.29, 1.82) is 0 Å². The summed E-state index contributed by atoms with van der Waals surface area (Å²) < 4.78 is 31.9. The number of ether oxygens (including phenoxy) is 1. The molecule has 7 nitrogen and oxygen atoms in total. The highest BCUT2D eigenvalue weighted by Crippen LogP contribution is 2.22. The first kappa shape index (κ1) is 22.7. The molecule has 26 heavy (non-hydrogen) atoms. The maximum Gasteiger partial charge on any atom is 0.255 e. The molecule has 0 saturated carbocycles. The molecule has 1 aliphatic rings. The van der Waals surface area contributed by atoms with E-state index in [-0.39, 0.29) is 30.2 Å². The minimum absolute atomic E-state index is 0. The number of nitrogens with two attached hydrogens (primary N) is 1. The topological polar surface area (TPSA) is 102 Å². The predicted octanol–water partition coefficient (Wildman–Crippen LogP) is 1.84. The number of piperidine rings is 1. The molecule has 3 N–H and O–H groups in total. The molecular weight excluding hydrogens is 378 g/mol. The zero-order valence-electron chi connectivity index (χ0n) is 15.0. The summed E-state index contributed by atoms with van der Waals surface area (Å²) in [6.45, 7) is 4.02. The van der Waals surface area contributed by atoms with Gasteiger partial charge in [-0.05, 0) is 44.9 Å². The zero-order valence-corrected chi connectivity index (χ0v) is 16.7. The van der Waals surface area contributed by atoms with E-state index in [0.717, 1.165) is 19.3 Å². The number of anilines is 1. The summed E-state index contributed by atoms with van der Waals surface area (Å²) in [4.78, 5) is 14.5. The Morgan fingerprint density at radius 2 is 1.96 bits per heavy atom. The quantitative estimate of drug-likeness (QED) is 0.642. The molecule has 0 aromatic heterocycles. The monoisotopic (exact) mass is 405 g/mol. The molecule has 1 aromatic carbocycles. The van der Waals surface area contributed by atoms with E-state index < -0.39 is 10.0 Å². The third-order valence-corrected chi connectivity index (χ3v) is 5.53. The number of amides is 1. The molecule has 0 radical (unpaired) electrons. The van der Waals surface area contributed by atoms with Crippen molar-refractivity contribution >= 4 is 34.0 Å². The van der Waals surface area contributed by atoms with Crippen molar-refractivity contribution in [3.63, 3.8) is 0 Å². The summed E-state index contributed by atoms with van der Waals surface area (Å²) in [5, 5.41) is 0. The van der Waals surface area contributed by atoms with Gasteiger partial charge in [0.05, 0.1) is 23.1 Å². The molecule has 0 atom stereocenters. The maximum atomic E-state index is 12.8. The fraction of sp³-hybridized carbons (Fsp3) is 0.588. The third kappa shape index (κ3) is 6.42. The van der Waals surface area contributed by atoms with E-state index >= 15 is 0 Å². The van der Waals surface area contributed by atoms with Crippen LogP contribution in [-0.2, 0) is 14.8 Å². The van der Waals surface area contributed by atoms with Gasteiger partial charge in [0.2, 0.25) is 10.0 Å². The molecular formula is C17H28ClN3O4S. The largest absolute Gasteiger partial charge is 0.378 e. The predicted molar refractivity (Wildman–Crippen MR) is 105 cm³/mol. The first-order valence-corrected chi connectivity index (χ1v) is 10.3. The van der Waals surface area contributed by atoms with Gasteiger partial charge in [-0.3, -0.25) is 9.52 Å². The van der Waals surface area contributed by atoms with Gasteiger partial charge in [0.25, 0.3) is 5.91 Å². The van der Waals surface area contributed by atoms with Gasteiger partial charge in [-0.15, -0.1) is 12.4 Å². The molecule has 1 saturated heterocycles. The van der Waals surface area contributed by atoms with Crippen molar-refractivity contribution in [3.8, 4) is 0 Å². The highest BCUT2D eigenvalue weighted by molar-refractivity contribution is 7.92. The Hall–Kier alpha value is -1.35. The van der Waals surface area contributed by atoms with Crippen LogP contribution in [0.2, 0.25) is 0 Å². The van der Waals surface area contributed by atoms with Gasteiger partial charge in [0.1, 0.15) is 0 Å². The van der Waals surface area contributed by atoms with Crippen LogP contribution in [0.3, 0.4) is 0 Å². The van der Waals surface area contributed by atoms with E-state index in [4.69, 9.17) is 10.5 Å². The van der Waals surface area contributed by atoms with Gasteiger partial charge in [-0.2, -0.15) is 0 Å². The number of nitrogens with one attached hydrogen (secondary N) is 1. The van der Waals surface area contributed by atoms with E-state index in [2.05, 4.69) is 4.72 Å². The molecule has 0 spiro atoms. The van der Waals surface area contributed by atoms with Crippen LogP contribution >= 0.6 is 12.4 Å². The van der Waals surface area contributed by atoms with Gasteiger partial charge < -0.3 is 15.4 Å². The number of nitrogens with zero attached hydrogens (tertiary/aromatic N) is 1. The van der Waals surface area contributed by atoms with Crippen LogP contribution < -0.4 is 10.5 Å². The second-order valence-electron chi connectivity index (χ2n) is 6.06. The van der Waals surface area contributed by atoms with E-state index in [1.165, 1.54) is 0 Å². The van der Waals surface area contributed by atoms with Crippen LogP contribution in [0.25, 0.3) is 0 Å². The zero-order chi connectivity index (χ0) is 18.3. The van der Waals surface area contributed by atoms with Gasteiger partial charge in [0, 0.05) is 19.7 Å². The van der Waals surface area contributed by atoms with Gasteiger partial charge >= 0.3 is 0 Å². The molecule has 1 aromatic rings. The van der Waals surface area contributed by atoms with Gasteiger partial charge in [-0.1, -0.05) is 12.1 Å². The first-order chi connectivity index (χ1) is 12.0. The van der Waals surface area contributed by atoms with Crippen LogP contribution in [0.4, 0.5) is 5.69 Å². The number of likely N-dealkylation sites (tertiary alicyclic amines) is 1. The van der Waals surface area contributed by atoms with Crippen LogP contribution in [0, 0.1) is 0 Å². The number of benzene rings is 1. The molecule has 148 valence electrons. The Labute approximate surface area is 161 Å². The van der Waals surface area contributed by atoms with Crippen molar-refractivity contribution in [3.05, 3.63) is 29.8 Å². The molecule has 1 fully saturated rings. The lowest BCUT2D eigenvalue weighted by atomic mass is 10.1. The Kier molecular flexibility index (Phi) is 9.35. The smallest absolute Gasteiger partial charge is 0.255 e. The van der Waals surface area contributed by atoms with E-state index in [0.29, 0.717) is 37.5 Å². The highest BCUT2D eigenvalue weighted by atomic mass is 35.5. The number of para-hydroxylation sites is 1. The molecule has 2 rings (SSSR count). The molecule has 0 unspecified atom stereocenters. The average molecular weight is 406 g/mol. The standard InChI is InChI=1S/C17H27N3O4S.ClH/c1-2-25(22,23)19-16-7-4-3-6-15(16)17(21)20-11-8-14(9-12-20)24-13-5-10-18;/h3-4,6-7,14,19H,2,5,8-13,18H2,1H3;1H. The Morgan fingerprint density at radius 1 is 1.31 bits per heavy atom. The summed E-state index contributed by atoms with van der Waals surface area (Å²) in [6.07, 6.45) is 2.55. The second kappa shape index (κ2) is 10.7. The lowest BCUT2D eigenvalue weighted by Crippen LogP contribution is -2.41. The number of sulfonamides is 1. The minimum atomic E-state index is -3.43. The first-order valence-electron chi connectivity index (χ1n) is 8.67. The van der Waals surface area contributed by atoms with Gasteiger partial charge in [0.15, 0.2) is 0 Å². The van der Waals surface area contributed by atoms with Crippen molar-refractivity contribution in [2.75, 3.05) is 36.7 Å². The van der Waals surface area contributed by atoms with E-state index in [1.807, 2.05) is 0 Å². The number of halogens is 1. The Balaban J connectivity index is 0.00000338. The summed E-state index contributed by atoms with van der Waals surface area (Å²) in [6, 6.07) is 6.71. The summed E-state index contributed by atoms with van der Waals surface area (Å²) >= 11 is 0. The molecule has 0 bridgehead atoms. The Morgan fingerprint density at radius 3 is 2.58 bits per heavy atom. The van der Waals surface area contributed by atoms with Crippen LogP contribution in [0.1, 0.15) is 36.5 Å². The fourth-order valence-corrected chi connectivity index (χ4v) is 3.38. The number of hydrogen-bond donors (Lipinski definition) is 2. The fourth-order valence-electron chi connectivity index (χ4n) is 2.73. The summed E-state index contributed by atoms with van der Waals surface area (Å²) in [7, 11) is -3.43. The Bertz CT molecular complexity index is 676. The van der Waals surface area contributed by atoms with Crippen molar-refractivity contribution in [2.45, 2.75) is 32.3 Å². The van der Waals surface area contributed by atoms with Gasteiger partial charge in [-0.25, -0.2) is 8.42 Å². The normalized spacial score (nSPS) is 15.4. The molecule has 1 aliphatic heterocycles. The van der Waals surface area contributed by atoms with E-state index in [9.17, 15) is 13.2 Å². The van der Waals surface area contributed by atoms with Crippen LogP contribution in [0.5, 0.6) is 0 Å². The maximum absolute atomic E-state index is 12.8. The second-order valence-corrected chi connectivity index (χ2v) is 8.07. The SMILES string of the molecule is CCS(=O)(=O)Nc1ccccc1C(=O)N1CCC(OCCCN)CC1.Cl. The summed E-state index contributed by atoms with van der Waals surface area (Å²) in [5.41, 5.74) is 6.16. The van der Waals surface area contributed by atoms with E-state index in [1.54, 1.807) is 36.1 Å². The lowest BCUT2D eigenvalue weighted by Gasteiger charge is -2.32. The number of hydrogen-bond acceptors (Lipinski definition) is 5. The molecule has 9 heteroatoms. The van der Waals surface area contributed by atoms with Crippen molar-refractivity contribution in [2.24, 2.45) is 5.73 Å². The third-order valence-electron chi connectivity index (χ3n) is 4.23. The average Bonchev–Trinajstić information content (AvgIpc) is 2.62. The lowest BCUT2D eigenvalue weighted by molar-refractivity contribution is 0.00847. The molecule has 1 heterocycles. The number of rotatable bonds is 8. The number of carbonyl (C=O) groups is 1. The highest BCUT2D eigenvalue weighted by Gasteiger charge is 2.26. The van der Waals surface area contributed by atoms with Crippen molar-refractivity contribution < 1.29 is 17.9 Å². The van der Waals surface area contributed by atoms with Crippen molar-refractivity contribution in [1.82, 2.24) is 4.90 Å². The van der Waals surface area contributed by atoms with Crippen LogP contribution in [0.15, 0.2) is 24.3 Å². The number of carbonyl (C=O) groups excluding carboxylic acids is 1. The molecule has 0 aliphatic carbocycles. The molecule has 1 amide bonds. The minimum Gasteiger partial charge on any atom is -0.378 e.